The van der Waals surface area contributed by atoms with Crippen LogP contribution < -0.4 is 11.1 Å². The Morgan fingerprint density at radius 3 is 2.24 bits per heavy atom. The van der Waals surface area contributed by atoms with Crippen molar-refractivity contribution < 1.29 is 4.79 Å². The summed E-state index contributed by atoms with van der Waals surface area (Å²) in [4.78, 5) is 12.5. The summed E-state index contributed by atoms with van der Waals surface area (Å²) in [7, 11) is 0. The van der Waals surface area contributed by atoms with Gasteiger partial charge in [0.05, 0.1) is 12.0 Å². The number of nitrogens with two attached hydrogens (primary N) is 1. The van der Waals surface area contributed by atoms with Crippen LogP contribution in [0.25, 0.3) is 0 Å². The molecule has 0 saturated carbocycles. The van der Waals surface area contributed by atoms with Crippen molar-refractivity contribution in [2.45, 2.75) is 53.5 Å². The first-order chi connectivity index (χ1) is 9.76. The van der Waals surface area contributed by atoms with E-state index >= 15 is 0 Å². The summed E-state index contributed by atoms with van der Waals surface area (Å²) < 4.78 is 0. The fraction of sp³-hybridized carbons (Fsp3) is 0.611. The molecule has 3 heteroatoms. The van der Waals surface area contributed by atoms with Crippen molar-refractivity contribution in [1.82, 2.24) is 5.32 Å². The second-order valence-corrected chi connectivity index (χ2v) is 7.08. The lowest BCUT2D eigenvalue weighted by Crippen LogP contribution is -2.39. The molecule has 2 unspecified atom stereocenters. The van der Waals surface area contributed by atoms with Crippen LogP contribution in [0.3, 0.4) is 0 Å². The van der Waals surface area contributed by atoms with Gasteiger partial charge >= 0.3 is 0 Å². The van der Waals surface area contributed by atoms with E-state index in [1.54, 1.807) is 0 Å². The van der Waals surface area contributed by atoms with E-state index in [2.05, 4.69) is 64.2 Å². The van der Waals surface area contributed by atoms with Gasteiger partial charge in [-0.15, -0.1) is 0 Å². The molecular weight excluding hydrogens is 260 g/mol. The highest BCUT2D eigenvalue weighted by Gasteiger charge is 2.25. The van der Waals surface area contributed by atoms with Gasteiger partial charge in [0, 0.05) is 6.54 Å². The average Bonchev–Trinajstić information content (AvgIpc) is 2.42. The molecule has 0 aliphatic heterocycles. The van der Waals surface area contributed by atoms with Gasteiger partial charge in [0.25, 0.3) is 0 Å². The Morgan fingerprint density at radius 1 is 1.24 bits per heavy atom. The molecule has 0 aliphatic rings. The number of aryl methyl sites for hydroxylation is 1. The number of hydrogen-bond acceptors (Lipinski definition) is 2. The number of carbonyl (C=O) groups excluding carboxylic acids is 1. The van der Waals surface area contributed by atoms with Crippen LogP contribution in [0.15, 0.2) is 24.3 Å². The molecule has 3 nitrogen and oxygen atoms in total. The van der Waals surface area contributed by atoms with Crippen LogP contribution >= 0.6 is 0 Å². The summed E-state index contributed by atoms with van der Waals surface area (Å²) in [6, 6.07) is 8.40. The van der Waals surface area contributed by atoms with Gasteiger partial charge in [0.15, 0.2) is 0 Å². The van der Waals surface area contributed by atoms with Crippen LogP contribution in [0.1, 0.15) is 57.7 Å². The van der Waals surface area contributed by atoms with Gasteiger partial charge in [-0.25, -0.2) is 0 Å². The molecule has 1 amide bonds. The third-order valence-electron chi connectivity index (χ3n) is 3.72. The molecule has 1 rings (SSSR count). The average molecular weight is 290 g/mol. The smallest absolute Gasteiger partial charge is 0.224 e. The van der Waals surface area contributed by atoms with Gasteiger partial charge < -0.3 is 11.1 Å². The lowest BCUT2D eigenvalue weighted by molar-refractivity contribution is -0.126. The zero-order chi connectivity index (χ0) is 16.0. The van der Waals surface area contributed by atoms with Crippen molar-refractivity contribution in [2.24, 2.45) is 17.1 Å². The molecule has 1 aromatic carbocycles. The van der Waals surface area contributed by atoms with Gasteiger partial charge in [-0.1, -0.05) is 57.5 Å². The van der Waals surface area contributed by atoms with E-state index in [9.17, 15) is 4.79 Å². The largest absolute Gasteiger partial charge is 0.349 e. The lowest BCUT2D eigenvalue weighted by atomic mass is 9.84. The van der Waals surface area contributed by atoms with E-state index in [1.807, 2.05) is 0 Å². The lowest BCUT2D eigenvalue weighted by Gasteiger charge is -2.26. The number of benzene rings is 1. The van der Waals surface area contributed by atoms with Crippen LogP contribution in [0.2, 0.25) is 0 Å². The standard InChI is InChI=1S/C18H30N2O/c1-6-16(14-9-7-13(2)8-10-14)20-17(21)15(12-19)11-18(3,4)5/h7-10,15-16H,6,11-12,19H2,1-5H3,(H,20,21). The third kappa shape index (κ3) is 5.88. The first-order valence-corrected chi connectivity index (χ1v) is 7.84. The molecule has 0 fully saturated rings. The topological polar surface area (TPSA) is 55.1 Å². The highest BCUT2D eigenvalue weighted by atomic mass is 16.1. The summed E-state index contributed by atoms with van der Waals surface area (Å²) in [6.45, 7) is 11.0. The molecule has 0 aliphatic carbocycles. The number of carbonyl (C=O) groups is 1. The Hall–Kier alpha value is -1.35. The molecule has 118 valence electrons. The molecule has 2 atom stereocenters. The van der Waals surface area contributed by atoms with Crippen LogP contribution in [0, 0.1) is 18.3 Å². The number of hydrogen-bond donors (Lipinski definition) is 2. The number of nitrogens with one attached hydrogen (secondary N) is 1. The minimum atomic E-state index is -0.121. The van der Waals surface area contributed by atoms with E-state index in [0.29, 0.717) is 6.54 Å². The highest BCUT2D eigenvalue weighted by Crippen LogP contribution is 2.25. The molecule has 0 aromatic heterocycles. The maximum atomic E-state index is 12.5. The molecule has 0 spiro atoms. The number of amides is 1. The predicted molar refractivity (Wildman–Crippen MR) is 89.0 cm³/mol. The van der Waals surface area contributed by atoms with Crippen LogP contribution in [-0.2, 0) is 4.79 Å². The Kier molecular flexibility index (Phi) is 6.41. The zero-order valence-corrected chi connectivity index (χ0v) is 14.1. The van der Waals surface area contributed by atoms with Crippen LogP contribution in [0.4, 0.5) is 0 Å². The monoisotopic (exact) mass is 290 g/mol. The summed E-state index contributed by atoms with van der Waals surface area (Å²) in [5, 5.41) is 3.16. The van der Waals surface area contributed by atoms with E-state index in [-0.39, 0.29) is 23.3 Å². The predicted octanol–water partition coefficient (Wildman–Crippen LogP) is 3.57. The van der Waals surface area contributed by atoms with Gasteiger partial charge in [0.2, 0.25) is 5.91 Å². The van der Waals surface area contributed by atoms with Crippen molar-refractivity contribution in [3.8, 4) is 0 Å². The van der Waals surface area contributed by atoms with Crippen molar-refractivity contribution in [2.75, 3.05) is 6.54 Å². The minimum Gasteiger partial charge on any atom is -0.349 e. The molecule has 1 aromatic rings. The summed E-state index contributed by atoms with van der Waals surface area (Å²) in [5.41, 5.74) is 8.28. The Bertz CT molecular complexity index is 445. The zero-order valence-electron chi connectivity index (χ0n) is 14.1. The van der Waals surface area contributed by atoms with E-state index in [0.717, 1.165) is 18.4 Å². The normalized spacial score (nSPS) is 14.6. The molecular formula is C18H30N2O. The van der Waals surface area contributed by atoms with Crippen molar-refractivity contribution in [1.29, 1.82) is 0 Å². The second kappa shape index (κ2) is 7.60. The summed E-state index contributed by atoms with van der Waals surface area (Å²) in [5.74, 6) is -0.0515. The summed E-state index contributed by atoms with van der Waals surface area (Å²) in [6.07, 6.45) is 1.68. The van der Waals surface area contributed by atoms with Gasteiger partial charge in [-0.3, -0.25) is 4.79 Å². The van der Waals surface area contributed by atoms with E-state index in [1.165, 1.54) is 5.56 Å². The van der Waals surface area contributed by atoms with Crippen molar-refractivity contribution in [3.05, 3.63) is 35.4 Å². The van der Waals surface area contributed by atoms with Crippen LogP contribution in [0.5, 0.6) is 0 Å². The molecule has 0 radical (unpaired) electrons. The first-order valence-electron chi connectivity index (χ1n) is 7.84. The fourth-order valence-electron chi connectivity index (χ4n) is 2.53. The quantitative estimate of drug-likeness (QED) is 0.841. The molecule has 3 N–H and O–H groups in total. The van der Waals surface area contributed by atoms with Gasteiger partial charge in [-0.2, -0.15) is 0 Å². The van der Waals surface area contributed by atoms with Crippen LogP contribution in [-0.4, -0.2) is 12.5 Å². The van der Waals surface area contributed by atoms with Gasteiger partial charge in [-0.05, 0) is 30.7 Å². The number of rotatable bonds is 6. The van der Waals surface area contributed by atoms with Gasteiger partial charge in [0.1, 0.15) is 0 Å². The fourth-order valence-corrected chi connectivity index (χ4v) is 2.53. The van der Waals surface area contributed by atoms with E-state index in [4.69, 9.17) is 5.73 Å². The molecule has 0 heterocycles. The molecule has 0 bridgehead atoms. The second-order valence-electron chi connectivity index (χ2n) is 7.08. The van der Waals surface area contributed by atoms with Crippen molar-refractivity contribution in [3.63, 3.8) is 0 Å². The SMILES string of the molecule is CCC(NC(=O)C(CN)CC(C)(C)C)c1ccc(C)cc1. The van der Waals surface area contributed by atoms with Crippen molar-refractivity contribution >= 4 is 5.91 Å². The Labute approximate surface area is 129 Å². The molecule has 0 saturated heterocycles. The minimum absolute atomic E-state index is 0.0621. The maximum Gasteiger partial charge on any atom is 0.224 e. The summed E-state index contributed by atoms with van der Waals surface area (Å²) >= 11 is 0. The first kappa shape index (κ1) is 17.7. The third-order valence-corrected chi connectivity index (χ3v) is 3.72. The van der Waals surface area contributed by atoms with E-state index < -0.39 is 0 Å². The Morgan fingerprint density at radius 2 is 1.81 bits per heavy atom. The highest BCUT2D eigenvalue weighted by molar-refractivity contribution is 5.79. The maximum absolute atomic E-state index is 12.5. The molecule has 21 heavy (non-hydrogen) atoms. The Balaban J connectivity index is 2.75.